The molecule has 1 amide bonds. The highest BCUT2D eigenvalue weighted by molar-refractivity contribution is 8.00. The number of thioether (sulfide) groups is 1. The highest BCUT2D eigenvalue weighted by atomic mass is 32.2. The number of amides is 1. The average Bonchev–Trinajstić information content (AvgIpc) is 2.92. The molecule has 3 aromatic carbocycles. The lowest BCUT2D eigenvalue weighted by molar-refractivity contribution is -0.125. The molecule has 2 N–H and O–H groups in total. The summed E-state index contributed by atoms with van der Waals surface area (Å²) < 4.78 is 4.89. The molecule has 0 aliphatic rings. The van der Waals surface area contributed by atoms with Crippen molar-refractivity contribution in [2.45, 2.75) is 63.5 Å². The van der Waals surface area contributed by atoms with E-state index in [2.05, 4.69) is 41.7 Å². The zero-order chi connectivity index (χ0) is 27.8. The predicted molar refractivity (Wildman–Crippen MR) is 155 cm³/mol. The fourth-order valence-electron chi connectivity index (χ4n) is 4.53. The molecule has 0 saturated carbocycles. The average molecular weight is 534 g/mol. The van der Waals surface area contributed by atoms with E-state index in [0.717, 1.165) is 16.7 Å². The molecular weight excluding hydrogens is 494 g/mol. The van der Waals surface area contributed by atoms with Gasteiger partial charge in [0.1, 0.15) is 11.4 Å². The molecule has 6 heteroatoms. The van der Waals surface area contributed by atoms with E-state index in [9.17, 15) is 14.7 Å². The number of alkyl carbamates (subject to hydrolysis) is 1. The number of aliphatic hydroxyl groups is 1. The second-order valence-electron chi connectivity index (χ2n) is 10.4. The Kier molecular flexibility index (Phi) is 10.2. The van der Waals surface area contributed by atoms with E-state index in [4.69, 9.17) is 4.74 Å². The number of Topliss-reactive ketones (excluding diaryl/α,β-unsaturated/α-hetero) is 1. The van der Waals surface area contributed by atoms with E-state index in [1.165, 1.54) is 0 Å². The number of rotatable bonds is 11. The van der Waals surface area contributed by atoms with Crippen molar-refractivity contribution in [3.8, 4) is 0 Å². The van der Waals surface area contributed by atoms with Crippen molar-refractivity contribution >= 4 is 23.6 Å². The van der Waals surface area contributed by atoms with Gasteiger partial charge in [0, 0.05) is 18.1 Å². The molecule has 3 atom stereocenters. The summed E-state index contributed by atoms with van der Waals surface area (Å²) in [5.41, 5.74) is 2.53. The maximum Gasteiger partial charge on any atom is 0.407 e. The van der Waals surface area contributed by atoms with E-state index < -0.39 is 34.5 Å². The molecule has 2 unspecified atom stereocenters. The fraction of sp³-hybridized carbons (Fsp3) is 0.375. The van der Waals surface area contributed by atoms with E-state index in [1.54, 1.807) is 46.4 Å². The van der Waals surface area contributed by atoms with Crippen LogP contribution < -0.4 is 5.32 Å². The van der Waals surface area contributed by atoms with Crippen molar-refractivity contribution in [2.24, 2.45) is 5.92 Å². The van der Waals surface area contributed by atoms with Gasteiger partial charge in [0.2, 0.25) is 0 Å². The number of benzene rings is 3. The van der Waals surface area contributed by atoms with E-state index >= 15 is 0 Å². The maximum absolute atomic E-state index is 12.8. The van der Waals surface area contributed by atoms with Crippen LogP contribution in [0.2, 0.25) is 0 Å². The lowest BCUT2D eigenvalue weighted by atomic mass is 9.84. The summed E-state index contributed by atoms with van der Waals surface area (Å²) in [6.45, 7) is 8.87. The quantitative estimate of drug-likeness (QED) is 0.272. The molecule has 0 aliphatic carbocycles. The van der Waals surface area contributed by atoms with Gasteiger partial charge in [0.15, 0.2) is 0 Å². The zero-order valence-corrected chi connectivity index (χ0v) is 23.7. The van der Waals surface area contributed by atoms with Crippen molar-refractivity contribution in [3.05, 3.63) is 108 Å². The van der Waals surface area contributed by atoms with Crippen molar-refractivity contribution in [3.63, 3.8) is 0 Å². The Morgan fingerprint density at radius 2 is 1.26 bits per heavy atom. The molecule has 0 fully saturated rings. The maximum atomic E-state index is 12.8. The minimum atomic E-state index is -1.08. The number of nitrogens with one attached hydrogen (secondary N) is 1. The molecule has 202 valence electrons. The number of ether oxygens (including phenoxy) is 1. The van der Waals surface area contributed by atoms with E-state index in [1.807, 2.05) is 54.6 Å². The van der Waals surface area contributed by atoms with Crippen LogP contribution in [0, 0.1) is 5.92 Å². The lowest BCUT2D eigenvalue weighted by Gasteiger charge is -2.38. The van der Waals surface area contributed by atoms with Gasteiger partial charge >= 0.3 is 6.09 Å². The van der Waals surface area contributed by atoms with Gasteiger partial charge in [-0.3, -0.25) is 4.79 Å². The summed E-state index contributed by atoms with van der Waals surface area (Å²) >= 11 is 1.62. The second-order valence-corrected chi connectivity index (χ2v) is 11.7. The predicted octanol–water partition coefficient (Wildman–Crippen LogP) is 6.58. The SMILES string of the molecule is CCC(=O)C(C)C(O)[C@H](CSC(c1ccccc1)(c1ccccc1)c1ccccc1)NC(=O)OC(C)(C)C. The molecule has 0 aromatic heterocycles. The Hall–Kier alpha value is -3.09. The van der Waals surface area contributed by atoms with Gasteiger partial charge in [0.25, 0.3) is 0 Å². The molecule has 0 aliphatic heterocycles. The van der Waals surface area contributed by atoms with Crippen molar-refractivity contribution < 1.29 is 19.4 Å². The van der Waals surface area contributed by atoms with Gasteiger partial charge < -0.3 is 15.2 Å². The van der Waals surface area contributed by atoms with Crippen LogP contribution in [0.1, 0.15) is 57.7 Å². The first-order chi connectivity index (χ1) is 18.1. The Balaban J connectivity index is 2.08. The van der Waals surface area contributed by atoms with Crippen LogP contribution in [0.4, 0.5) is 4.79 Å². The number of ketones is 1. The molecule has 0 bridgehead atoms. The summed E-state index contributed by atoms with van der Waals surface area (Å²) in [6, 6.07) is 29.9. The summed E-state index contributed by atoms with van der Waals surface area (Å²) in [4.78, 5) is 25.4. The first-order valence-electron chi connectivity index (χ1n) is 13.1. The van der Waals surface area contributed by atoms with Gasteiger partial charge in [-0.25, -0.2) is 4.79 Å². The lowest BCUT2D eigenvalue weighted by Crippen LogP contribution is -2.51. The van der Waals surface area contributed by atoms with Gasteiger partial charge in [-0.05, 0) is 37.5 Å². The molecule has 0 spiro atoms. The van der Waals surface area contributed by atoms with Crippen molar-refractivity contribution in [2.75, 3.05) is 5.75 Å². The van der Waals surface area contributed by atoms with Crippen molar-refractivity contribution in [1.82, 2.24) is 5.32 Å². The molecule has 3 rings (SSSR count). The number of carbonyl (C=O) groups is 2. The minimum Gasteiger partial charge on any atom is -0.444 e. The van der Waals surface area contributed by atoms with Gasteiger partial charge in [0.05, 0.1) is 16.9 Å². The van der Waals surface area contributed by atoms with Crippen LogP contribution in [0.5, 0.6) is 0 Å². The second kappa shape index (κ2) is 13.1. The van der Waals surface area contributed by atoms with Gasteiger partial charge in [-0.2, -0.15) is 0 Å². The van der Waals surface area contributed by atoms with E-state index in [0.29, 0.717) is 12.2 Å². The molecule has 5 nitrogen and oxygen atoms in total. The van der Waals surface area contributed by atoms with Crippen LogP contribution in [0.25, 0.3) is 0 Å². The fourth-order valence-corrected chi connectivity index (χ4v) is 6.15. The van der Waals surface area contributed by atoms with Crippen molar-refractivity contribution in [1.29, 1.82) is 0 Å². The molecule has 38 heavy (non-hydrogen) atoms. The van der Waals surface area contributed by atoms with Gasteiger partial charge in [-0.1, -0.05) is 105 Å². The smallest absolute Gasteiger partial charge is 0.407 e. The highest BCUT2D eigenvalue weighted by Crippen LogP contribution is 2.48. The minimum absolute atomic E-state index is 0.0565. The largest absolute Gasteiger partial charge is 0.444 e. The summed E-state index contributed by atoms with van der Waals surface area (Å²) in [5.74, 6) is -0.362. The first-order valence-corrected chi connectivity index (χ1v) is 14.1. The van der Waals surface area contributed by atoms with Crippen LogP contribution >= 0.6 is 11.8 Å². The van der Waals surface area contributed by atoms with Crippen LogP contribution in [0.15, 0.2) is 91.0 Å². The molecular formula is C32H39NO4S. The van der Waals surface area contributed by atoms with Gasteiger partial charge in [-0.15, -0.1) is 11.8 Å². The third kappa shape index (κ3) is 7.27. The summed E-state index contributed by atoms with van der Waals surface area (Å²) in [5, 5.41) is 14.2. The van der Waals surface area contributed by atoms with Crippen LogP contribution in [-0.4, -0.2) is 40.5 Å². The third-order valence-corrected chi connectivity index (χ3v) is 8.17. The summed E-state index contributed by atoms with van der Waals surface area (Å²) in [7, 11) is 0. The molecule has 0 saturated heterocycles. The number of hydrogen-bond acceptors (Lipinski definition) is 5. The monoisotopic (exact) mass is 533 g/mol. The standard InChI is InChI=1S/C32H39NO4S/c1-6-28(34)23(2)29(35)27(33-30(36)37-31(3,4)5)22-38-32(24-16-10-7-11-17-24,25-18-12-8-13-19-25)26-20-14-9-15-21-26/h7-21,23,27,29,35H,6,22H2,1-5H3,(H,33,36)/t23?,27-,29?/m0/s1. The number of aliphatic hydroxyl groups excluding tert-OH is 1. The summed E-state index contributed by atoms with van der Waals surface area (Å²) in [6.07, 6.45) is -1.39. The third-order valence-electron chi connectivity index (χ3n) is 6.50. The topological polar surface area (TPSA) is 75.6 Å². The molecule has 3 aromatic rings. The Morgan fingerprint density at radius 1 is 0.842 bits per heavy atom. The molecule has 0 radical (unpaired) electrons. The first kappa shape index (κ1) is 29.5. The Labute approximate surface area is 231 Å². The Bertz CT molecular complexity index is 1070. The highest BCUT2D eigenvalue weighted by Gasteiger charge is 2.40. The molecule has 0 heterocycles. The number of hydrogen-bond donors (Lipinski definition) is 2. The Morgan fingerprint density at radius 3 is 1.63 bits per heavy atom. The zero-order valence-electron chi connectivity index (χ0n) is 22.9. The van der Waals surface area contributed by atoms with Crippen LogP contribution in [-0.2, 0) is 14.3 Å². The number of carbonyl (C=O) groups excluding carboxylic acids is 2. The van der Waals surface area contributed by atoms with Crippen LogP contribution in [0.3, 0.4) is 0 Å². The normalized spacial score (nSPS) is 14.3. The van der Waals surface area contributed by atoms with E-state index in [-0.39, 0.29) is 5.78 Å².